The highest BCUT2D eigenvalue weighted by Crippen LogP contribution is 2.19. The highest BCUT2D eigenvalue weighted by atomic mass is 16.5. The van der Waals surface area contributed by atoms with Gasteiger partial charge < -0.3 is 10.2 Å². The average Bonchev–Trinajstić information content (AvgIpc) is 2.13. The molecule has 0 aromatic heterocycles. The molecule has 0 amide bonds. The Morgan fingerprint density at radius 2 is 2.11 bits per heavy atom. The highest BCUT2D eigenvalue weighted by molar-refractivity contribution is 5.36. The van der Waals surface area contributed by atoms with E-state index in [1.807, 2.05) is 19.1 Å². The topological polar surface area (TPSA) is 40.5 Å². The van der Waals surface area contributed by atoms with Crippen molar-refractivity contribution in [3.05, 3.63) is 23.3 Å². The molecular formula is C7H10O2. The van der Waals surface area contributed by atoms with Crippen molar-refractivity contribution >= 4 is 0 Å². The fourth-order valence-electron chi connectivity index (χ4n) is 0.951. The predicted octanol–water partition coefficient (Wildman–Crippen LogP) is 0.573. The van der Waals surface area contributed by atoms with E-state index in [9.17, 15) is 0 Å². The van der Waals surface area contributed by atoms with Crippen molar-refractivity contribution in [3.63, 3.8) is 0 Å². The van der Waals surface area contributed by atoms with Crippen molar-refractivity contribution in [3.8, 4) is 0 Å². The van der Waals surface area contributed by atoms with Crippen LogP contribution in [0.1, 0.15) is 13.3 Å². The first-order valence-electron chi connectivity index (χ1n) is 2.95. The van der Waals surface area contributed by atoms with Gasteiger partial charge in [0, 0.05) is 5.57 Å². The van der Waals surface area contributed by atoms with Gasteiger partial charge in [0.25, 0.3) is 0 Å². The molecule has 1 aliphatic carbocycles. The van der Waals surface area contributed by atoms with Gasteiger partial charge in [-0.2, -0.15) is 0 Å². The molecule has 2 heteroatoms. The van der Waals surface area contributed by atoms with Gasteiger partial charge in [-0.15, -0.1) is 0 Å². The number of aliphatic hydroxyl groups is 2. The van der Waals surface area contributed by atoms with Crippen molar-refractivity contribution in [1.82, 2.24) is 0 Å². The number of aliphatic hydroxyl groups excluding tert-OH is 1. The Kier molecular flexibility index (Phi) is 1.69. The molecule has 0 unspecified atom stereocenters. The number of hydrogen-bond donors (Lipinski definition) is 2. The lowest BCUT2D eigenvalue weighted by Crippen LogP contribution is -2.07. The number of allylic oxidation sites excluding steroid dienone is 2. The molecule has 2 nitrogen and oxygen atoms in total. The Balaban J connectivity index is 2.72. The van der Waals surface area contributed by atoms with Crippen LogP contribution in [0.5, 0.6) is 0 Å². The zero-order chi connectivity index (χ0) is 6.85. The molecule has 9 heavy (non-hydrogen) atoms. The first-order chi connectivity index (χ1) is 4.22. The van der Waals surface area contributed by atoms with Crippen molar-refractivity contribution in [2.45, 2.75) is 19.6 Å². The normalized spacial score (nSPS) is 18.2. The zero-order valence-electron chi connectivity index (χ0n) is 5.33. The van der Waals surface area contributed by atoms with E-state index in [0.29, 0.717) is 5.57 Å². The van der Waals surface area contributed by atoms with Crippen LogP contribution < -0.4 is 0 Å². The standard InChI is InChI=1S/C7H10O2/c1-5-3-2-4-6(5)7(8)9/h3-4,7-9H,2H2,1H3. The largest absolute Gasteiger partial charge is 0.364 e. The van der Waals surface area contributed by atoms with Crippen molar-refractivity contribution in [1.29, 1.82) is 0 Å². The van der Waals surface area contributed by atoms with Crippen LogP contribution in [0, 0.1) is 0 Å². The molecule has 1 rings (SSSR count). The molecule has 0 saturated heterocycles. The second-order valence-electron chi connectivity index (χ2n) is 2.16. The lowest BCUT2D eigenvalue weighted by molar-refractivity contribution is -0.00570. The van der Waals surface area contributed by atoms with Gasteiger partial charge in [0.1, 0.15) is 0 Å². The SMILES string of the molecule is CC1=CCC=C1C(O)O. The Hall–Kier alpha value is -0.600. The first kappa shape index (κ1) is 6.52. The summed E-state index contributed by atoms with van der Waals surface area (Å²) >= 11 is 0. The van der Waals surface area contributed by atoms with Gasteiger partial charge in [-0.05, 0) is 18.9 Å². The van der Waals surface area contributed by atoms with Gasteiger partial charge in [0.05, 0.1) is 0 Å². The van der Waals surface area contributed by atoms with Crippen LogP contribution in [-0.2, 0) is 0 Å². The number of rotatable bonds is 1. The molecule has 0 radical (unpaired) electrons. The second kappa shape index (κ2) is 2.33. The smallest absolute Gasteiger partial charge is 0.178 e. The molecule has 0 heterocycles. The van der Waals surface area contributed by atoms with Crippen LogP contribution in [0.2, 0.25) is 0 Å². The maximum absolute atomic E-state index is 8.67. The summed E-state index contributed by atoms with van der Waals surface area (Å²) in [7, 11) is 0. The minimum atomic E-state index is -1.29. The Morgan fingerprint density at radius 1 is 1.44 bits per heavy atom. The van der Waals surface area contributed by atoms with E-state index in [2.05, 4.69) is 0 Å². The van der Waals surface area contributed by atoms with Crippen LogP contribution in [0.3, 0.4) is 0 Å². The van der Waals surface area contributed by atoms with E-state index in [-0.39, 0.29) is 0 Å². The minimum Gasteiger partial charge on any atom is -0.364 e. The van der Waals surface area contributed by atoms with E-state index < -0.39 is 6.29 Å². The summed E-state index contributed by atoms with van der Waals surface area (Å²) < 4.78 is 0. The third-order valence-electron chi connectivity index (χ3n) is 1.50. The molecule has 1 aliphatic rings. The van der Waals surface area contributed by atoms with E-state index >= 15 is 0 Å². The fourth-order valence-corrected chi connectivity index (χ4v) is 0.951. The Bertz CT molecular complexity index is 166. The fraction of sp³-hybridized carbons (Fsp3) is 0.429. The van der Waals surface area contributed by atoms with Crippen molar-refractivity contribution < 1.29 is 10.2 Å². The summed E-state index contributed by atoms with van der Waals surface area (Å²) in [5.41, 5.74) is 1.63. The molecular weight excluding hydrogens is 116 g/mol. The summed E-state index contributed by atoms with van der Waals surface area (Å²) in [5.74, 6) is 0. The van der Waals surface area contributed by atoms with E-state index in [1.165, 1.54) is 0 Å². The minimum absolute atomic E-state index is 0.648. The molecule has 0 fully saturated rings. The molecule has 0 bridgehead atoms. The highest BCUT2D eigenvalue weighted by Gasteiger charge is 2.10. The van der Waals surface area contributed by atoms with Gasteiger partial charge in [-0.25, -0.2) is 0 Å². The summed E-state index contributed by atoms with van der Waals surface area (Å²) in [6.07, 6.45) is 3.33. The molecule has 0 aromatic rings. The van der Waals surface area contributed by atoms with Crippen LogP contribution >= 0.6 is 0 Å². The Labute approximate surface area is 54.1 Å². The lowest BCUT2D eigenvalue weighted by Gasteiger charge is -2.04. The van der Waals surface area contributed by atoms with Crippen LogP contribution in [0.25, 0.3) is 0 Å². The van der Waals surface area contributed by atoms with Crippen LogP contribution in [-0.4, -0.2) is 16.5 Å². The van der Waals surface area contributed by atoms with Gasteiger partial charge in [0.2, 0.25) is 0 Å². The summed E-state index contributed by atoms with van der Waals surface area (Å²) in [6.45, 7) is 1.87. The van der Waals surface area contributed by atoms with Crippen molar-refractivity contribution in [2.24, 2.45) is 0 Å². The van der Waals surface area contributed by atoms with Crippen LogP contribution in [0.15, 0.2) is 23.3 Å². The molecule has 0 aromatic carbocycles. The van der Waals surface area contributed by atoms with Gasteiger partial charge in [0.15, 0.2) is 6.29 Å². The van der Waals surface area contributed by atoms with Crippen LogP contribution in [0.4, 0.5) is 0 Å². The molecule has 0 atom stereocenters. The first-order valence-corrected chi connectivity index (χ1v) is 2.95. The average molecular weight is 126 g/mol. The Morgan fingerprint density at radius 3 is 2.33 bits per heavy atom. The van der Waals surface area contributed by atoms with E-state index in [1.54, 1.807) is 0 Å². The molecule has 2 N–H and O–H groups in total. The molecule has 0 spiro atoms. The lowest BCUT2D eigenvalue weighted by atomic mass is 10.1. The monoisotopic (exact) mass is 126 g/mol. The third-order valence-corrected chi connectivity index (χ3v) is 1.50. The van der Waals surface area contributed by atoms with Gasteiger partial charge >= 0.3 is 0 Å². The molecule has 50 valence electrons. The quantitative estimate of drug-likeness (QED) is 0.504. The number of hydrogen-bond acceptors (Lipinski definition) is 2. The second-order valence-corrected chi connectivity index (χ2v) is 2.16. The van der Waals surface area contributed by atoms with Gasteiger partial charge in [-0.3, -0.25) is 0 Å². The zero-order valence-corrected chi connectivity index (χ0v) is 5.33. The van der Waals surface area contributed by atoms with E-state index in [4.69, 9.17) is 10.2 Å². The maximum Gasteiger partial charge on any atom is 0.178 e. The summed E-state index contributed by atoms with van der Waals surface area (Å²) in [4.78, 5) is 0. The predicted molar refractivity (Wildman–Crippen MR) is 34.7 cm³/mol. The van der Waals surface area contributed by atoms with Gasteiger partial charge in [-0.1, -0.05) is 12.2 Å². The summed E-state index contributed by atoms with van der Waals surface area (Å²) in [6, 6.07) is 0. The van der Waals surface area contributed by atoms with E-state index in [0.717, 1.165) is 12.0 Å². The maximum atomic E-state index is 8.67. The molecule has 0 saturated carbocycles. The third kappa shape index (κ3) is 1.20. The summed E-state index contributed by atoms with van der Waals surface area (Å²) in [5, 5.41) is 17.3. The van der Waals surface area contributed by atoms with Crippen molar-refractivity contribution in [2.75, 3.05) is 0 Å². The molecule has 0 aliphatic heterocycles.